The van der Waals surface area contributed by atoms with Gasteiger partial charge >= 0.3 is 0 Å². The van der Waals surface area contributed by atoms with Crippen LogP contribution in [-0.2, 0) is 0 Å². The molecule has 0 aromatic rings. The molecular weight excluding hydrogens is 186 g/mol. The molecule has 1 unspecified atom stereocenters. The van der Waals surface area contributed by atoms with Crippen LogP contribution < -0.4 is 5.32 Å². The normalized spacial score (nSPS) is 20.7. The van der Waals surface area contributed by atoms with Gasteiger partial charge in [0.1, 0.15) is 0 Å². The van der Waals surface area contributed by atoms with Crippen molar-refractivity contribution in [3.63, 3.8) is 0 Å². The molecule has 0 aromatic heterocycles. The third-order valence-electron chi connectivity index (χ3n) is 2.83. The molecule has 1 aliphatic rings. The predicted octanol–water partition coefficient (Wildman–Crippen LogP) is 2.63. The number of hydrogen-bond donors (Lipinski definition) is 2. The maximum atomic E-state index is 10.0. The van der Waals surface area contributed by atoms with Gasteiger partial charge in [0, 0.05) is 12.1 Å². The van der Waals surface area contributed by atoms with Crippen molar-refractivity contribution in [1.29, 1.82) is 0 Å². The van der Waals surface area contributed by atoms with E-state index in [4.69, 9.17) is 0 Å². The van der Waals surface area contributed by atoms with Crippen LogP contribution in [0.25, 0.3) is 0 Å². The lowest BCUT2D eigenvalue weighted by atomic mass is 10.0. The molecule has 88 valence electrons. The molecule has 0 saturated heterocycles. The zero-order valence-corrected chi connectivity index (χ0v) is 10.3. The van der Waals surface area contributed by atoms with Gasteiger partial charge in [-0.2, -0.15) is 0 Å². The molecule has 0 fully saturated rings. The minimum Gasteiger partial charge on any atom is -0.387 e. The molecule has 0 radical (unpaired) electrons. The van der Waals surface area contributed by atoms with Gasteiger partial charge < -0.3 is 10.4 Å². The van der Waals surface area contributed by atoms with Gasteiger partial charge in [0.2, 0.25) is 0 Å². The molecule has 1 atom stereocenters. The fraction of sp³-hybridized carbons (Fsp3) is 0.846. The Labute approximate surface area is 93.8 Å². The highest BCUT2D eigenvalue weighted by atomic mass is 16.3. The first kappa shape index (κ1) is 12.7. The Morgan fingerprint density at radius 2 is 2.07 bits per heavy atom. The third-order valence-corrected chi connectivity index (χ3v) is 2.83. The summed E-state index contributed by atoms with van der Waals surface area (Å²) in [6.45, 7) is 7.05. The van der Waals surface area contributed by atoms with Crippen molar-refractivity contribution in [2.24, 2.45) is 0 Å². The lowest BCUT2D eigenvalue weighted by molar-refractivity contribution is 0.189. The number of rotatable bonds is 3. The first-order valence-corrected chi connectivity index (χ1v) is 6.11. The Balaban J connectivity index is 2.38. The summed E-state index contributed by atoms with van der Waals surface area (Å²) in [6.07, 6.45) is 7.99. The van der Waals surface area contributed by atoms with Crippen molar-refractivity contribution < 1.29 is 5.11 Å². The number of aliphatic hydroxyl groups excluding tert-OH is 1. The molecule has 2 heteroatoms. The lowest BCUT2D eigenvalue weighted by Crippen LogP contribution is -2.41. The van der Waals surface area contributed by atoms with E-state index in [9.17, 15) is 5.11 Å². The Hall–Kier alpha value is -0.340. The second-order valence-electron chi connectivity index (χ2n) is 5.53. The zero-order chi connectivity index (χ0) is 11.3. The minimum atomic E-state index is -0.290. The van der Waals surface area contributed by atoms with Crippen molar-refractivity contribution in [2.75, 3.05) is 6.54 Å². The Morgan fingerprint density at radius 3 is 2.73 bits per heavy atom. The molecule has 0 aromatic carbocycles. The number of nitrogens with one attached hydrogen (secondary N) is 1. The van der Waals surface area contributed by atoms with Crippen LogP contribution in [0.1, 0.15) is 52.9 Å². The highest BCUT2D eigenvalue weighted by Crippen LogP contribution is 2.19. The summed E-state index contributed by atoms with van der Waals surface area (Å²) in [5, 5.41) is 13.4. The van der Waals surface area contributed by atoms with E-state index in [1.807, 2.05) is 0 Å². The molecule has 0 bridgehead atoms. The van der Waals surface area contributed by atoms with Crippen molar-refractivity contribution in [1.82, 2.24) is 5.32 Å². The number of allylic oxidation sites excluding steroid dienone is 1. The maximum Gasteiger partial charge on any atom is 0.0874 e. The molecular formula is C13H25NO. The average Bonchev–Trinajstić information content (AvgIpc) is 2.41. The van der Waals surface area contributed by atoms with Gasteiger partial charge in [-0.3, -0.25) is 0 Å². The molecule has 1 rings (SSSR count). The molecule has 0 amide bonds. The van der Waals surface area contributed by atoms with Crippen LogP contribution in [0.3, 0.4) is 0 Å². The van der Waals surface area contributed by atoms with Gasteiger partial charge in [-0.05, 0) is 52.0 Å². The Morgan fingerprint density at radius 1 is 1.33 bits per heavy atom. The van der Waals surface area contributed by atoms with E-state index in [0.29, 0.717) is 6.54 Å². The summed E-state index contributed by atoms with van der Waals surface area (Å²) in [5.41, 5.74) is 1.33. The summed E-state index contributed by atoms with van der Waals surface area (Å²) in [5.74, 6) is 0. The first-order valence-electron chi connectivity index (χ1n) is 6.11. The predicted molar refractivity (Wildman–Crippen MR) is 64.9 cm³/mol. The molecule has 0 aliphatic heterocycles. The molecule has 0 saturated carbocycles. The van der Waals surface area contributed by atoms with Crippen molar-refractivity contribution in [2.45, 2.75) is 64.5 Å². The van der Waals surface area contributed by atoms with Gasteiger partial charge in [-0.15, -0.1) is 0 Å². The summed E-state index contributed by atoms with van der Waals surface area (Å²) in [6, 6.07) is 0. The number of β-amino-alcohol motifs (C(OH)–C–C–N with tert-alkyl or cyclic N) is 1. The summed E-state index contributed by atoms with van der Waals surface area (Å²) >= 11 is 0. The van der Waals surface area contributed by atoms with Crippen LogP contribution in [-0.4, -0.2) is 23.3 Å². The summed E-state index contributed by atoms with van der Waals surface area (Å²) in [7, 11) is 0. The topological polar surface area (TPSA) is 32.3 Å². The maximum absolute atomic E-state index is 10.0. The Kier molecular flexibility index (Phi) is 4.81. The van der Waals surface area contributed by atoms with Crippen LogP contribution >= 0.6 is 0 Å². The summed E-state index contributed by atoms with van der Waals surface area (Å²) in [4.78, 5) is 0. The summed E-state index contributed by atoms with van der Waals surface area (Å²) < 4.78 is 0. The van der Waals surface area contributed by atoms with Gasteiger partial charge in [-0.1, -0.05) is 12.5 Å². The second kappa shape index (κ2) is 5.66. The third kappa shape index (κ3) is 5.33. The standard InChI is InChI=1S/C13H25NO/c1-13(2,3)14-10-12(15)11-8-6-4-5-7-9-11/h8,12,14-15H,4-7,9-10H2,1-3H3. The second-order valence-corrected chi connectivity index (χ2v) is 5.53. The van der Waals surface area contributed by atoms with Crippen LogP contribution in [0.5, 0.6) is 0 Å². The Bertz CT molecular complexity index is 215. The van der Waals surface area contributed by atoms with Crippen molar-refractivity contribution in [3.05, 3.63) is 11.6 Å². The highest BCUT2D eigenvalue weighted by Gasteiger charge is 2.15. The van der Waals surface area contributed by atoms with Crippen LogP contribution in [0.15, 0.2) is 11.6 Å². The number of aliphatic hydroxyl groups is 1. The van der Waals surface area contributed by atoms with E-state index >= 15 is 0 Å². The smallest absolute Gasteiger partial charge is 0.0874 e. The zero-order valence-electron chi connectivity index (χ0n) is 10.3. The van der Waals surface area contributed by atoms with Gasteiger partial charge in [-0.25, -0.2) is 0 Å². The van der Waals surface area contributed by atoms with Crippen LogP contribution in [0, 0.1) is 0 Å². The molecule has 15 heavy (non-hydrogen) atoms. The van der Waals surface area contributed by atoms with E-state index in [-0.39, 0.29) is 11.6 Å². The van der Waals surface area contributed by atoms with E-state index < -0.39 is 0 Å². The molecule has 2 nitrogen and oxygen atoms in total. The molecule has 0 heterocycles. The minimum absolute atomic E-state index is 0.0896. The fourth-order valence-electron chi connectivity index (χ4n) is 1.88. The van der Waals surface area contributed by atoms with Crippen LogP contribution in [0.2, 0.25) is 0 Å². The largest absolute Gasteiger partial charge is 0.387 e. The monoisotopic (exact) mass is 211 g/mol. The van der Waals surface area contributed by atoms with E-state index in [1.165, 1.54) is 24.8 Å². The molecule has 2 N–H and O–H groups in total. The van der Waals surface area contributed by atoms with Crippen LogP contribution in [0.4, 0.5) is 0 Å². The quantitative estimate of drug-likeness (QED) is 0.703. The lowest BCUT2D eigenvalue weighted by Gasteiger charge is -2.24. The SMILES string of the molecule is CC(C)(C)NCC(O)C1=CCCCCC1. The first-order chi connectivity index (χ1) is 6.99. The van der Waals surface area contributed by atoms with Gasteiger partial charge in [0.05, 0.1) is 6.10 Å². The van der Waals surface area contributed by atoms with E-state index in [1.54, 1.807) is 0 Å². The van der Waals surface area contributed by atoms with E-state index in [2.05, 4.69) is 32.2 Å². The fourth-order valence-corrected chi connectivity index (χ4v) is 1.88. The van der Waals surface area contributed by atoms with Crippen molar-refractivity contribution in [3.8, 4) is 0 Å². The molecule has 0 spiro atoms. The van der Waals surface area contributed by atoms with Gasteiger partial charge in [0.15, 0.2) is 0 Å². The van der Waals surface area contributed by atoms with Gasteiger partial charge in [0.25, 0.3) is 0 Å². The molecule has 1 aliphatic carbocycles. The highest BCUT2D eigenvalue weighted by molar-refractivity contribution is 5.10. The van der Waals surface area contributed by atoms with E-state index in [0.717, 1.165) is 12.8 Å². The number of hydrogen-bond acceptors (Lipinski definition) is 2. The average molecular weight is 211 g/mol. The van der Waals surface area contributed by atoms with Crippen molar-refractivity contribution >= 4 is 0 Å².